The molecule has 0 N–H and O–H groups in total. The van der Waals surface area contributed by atoms with E-state index in [1.54, 1.807) is 29.5 Å². The molecule has 1 aromatic carbocycles. The Hall–Kier alpha value is -1.88. The number of benzene rings is 1. The standard InChI is InChI=1S/C14H16N2O2S/c1-16(9-7-13-15-8-10-19-13)14(17)18-11-12-5-3-2-4-6-12/h2-6,8,10H,7,9,11H2,1H3. The summed E-state index contributed by atoms with van der Waals surface area (Å²) in [6.45, 7) is 0.919. The van der Waals surface area contributed by atoms with Crippen LogP contribution in [0.1, 0.15) is 10.6 Å². The highest BCUT2D eigenvalue weighted by Crippen LogP contribution is 2.06. The summed E-state index contributed by atoms with van der Waals surface area (Å²) in [7, 11) is 1.74. The fourth-order valence-corrected chi connectivity index (χ4v) is 2.17. The van der Waals surface area contributed by atoms with Crippen LogP contribution in [-0.2, 0) is 17.8 Å². The van der Waals surface area contributed by atoms with Gasteiger partial charge in [0.25, 0.3) is 0 Å². The number of hydrogen-bond acceptors (Lipinski definition) is 4. The summed E-state index contributed by atoms with van der Waals surface area (Å²) >= 11 is 1.60. The first kappa shape index (κ1) is 13.5. The van der Waals surface area contributed by atoms with Gasteiger partial charge in [0, 0.05) is 31.6 Å². The van der Waals surface area contributed by atoms with E-state index in [2.05, 4.69) is 4.98 Å². The SMILES string of the molecule is CN(CCc1nccs1)C(=O)OCc1ccccc1. The molecule has 5 heteroatoms. The van der Waals surface area contributed by atoms with Crippen LogP contribution in [0.25, 0.3) is 0 Å². The monoisotopic (exact) mass is 276 g/mol. The second-order valence-electron chi connectivity index (χ2n) is 4.14. The lowest BCUT2D eigenvalue weighted by molar-refractivity contribution is 0.105. The van der Waals surface area contributed by atoms with Crippen LogP contribution >= 0.6 is 11.3 Å². The number of carbonyl (C=O) groups excluding carboxylic acids is 1. The van der Waals surface area contributed by atoms with E-state index in [1.807, 2.05) is 35.7 Å². The van der Waals surface area contributed by atoms with Gasteiger partial charge >= 0.3 is 6.09 Å². The van der Waals surface area contributed by atoms with Crippen molar-refractivity contribution in [3.8, 4) is 0 Å². The number of thiazole rings is 1. The Morgan fingerprint density at radius 3 is 2.84 bits per heavy atom. The first-order valence-electron chi connectivity index (χ1n) is 6.06. The van der Waals surface area contributed by atoms with Crippen molar-refractivity contribution in [2.75, 3.05) is 13.6 Å². The van der Waals surface area contributed by atoms with Gasteiger partial charge in [-0.2, -0.15) is 0 Å². The summed E-state index contributed by atoms with van der Waals surface area (Å²) < 4.78 is 5.23. The zero-order valence-electron chi connectivity index (χ0n) is 10.8. The number of aromatic nitrogens is 1. The smallest absolute Gasteiger partial charge is 0.409 e. The molecule has 4 nitrogen and oxygen atoms in total. The van der Waals surface area contributed by atoms with Gasteiger partial charge < -0.3 is 9.64 Å². The Kier molecular flexibility index (Phi) is 4.92. The molecule has 0 radical (unpaired) electrons. The van der Waals surface area contributed by atoms with E-state index in [1.165, 1.54) is 0 Å². The van der Waals surface area contributed by atoms with Gasteiger partial charge in [-0.15, -0.1) is 11.3 Å². The van der Waals surface area contributed by atoms with Gasteiger partial charge in [-0.3, -0.25) is 0 Å². The van der Waals surface area contributed by atoms with Crippen molar-refractivity contribution in [1.29, 1.82) is 0 Å². The predicted octanol–water partition coefficient (Wildman–Crippen LogP) is 2.95. The Morgan fingerprint density at radius 2 is 2.16 bits per heavy atom. The molecular weight excluding hydrogens is 260 g/mol. The Labute approximate surface area is 116 Å². The lowest BCUT2D eigenvalue weighted by Gasteiger charge is -2.16. The summed E-state index contributed by atoms with van der Waals surface area (Å²) in [4.78, 5) is 17.5. The minimum Gasteiger partial charge on any atom is -0.445 e. The summed E-state index contributed by atoms with van der Waals surface area (Å²) in [5.74, 6) is 0. The van der Waals surface area contributed by atoms with Gasteiger partial charge in [-0.1, -0.05) is 30.3 Å². The normalized spacial score (nSPS) is 10.2. The minimum absolute atomic E-state index is 0.305. The van der Waals surface area contributed by atoms with Crippen molar-refractivity contribution < 1.29 is 9.53 Å². The van der Waals surface area contributed by atoms with Gasteiger partial charge in [0.2, 0.25) is 0 Å². The van der Waals surface area contributed by atoms with Gasteiger partial charge in [-0.25, -0.2) is 9.78 Å². The second kappa shape index (κ2) is 6.89. The van der Waals surface area contributed by atoms with Crippen molar-refractivity contribution in [3.63, 3.8) is 0 Å². The average Bonchev–Trinajstić information content (AvgIpc) is 2.96. The highest BCUT2D eigenvalue weighted by Gasteiger charge is 2.10. The number of rotatable bonds is 5. The zero-order chi connectivity index (χ0) is 13.5. The van der Waals surface area contributed by atoms with Crippen LogP contribution in [0, 0.1) is 0 Å². The van der Waals surface area contributed by atoms with E-state index in [-0.39, 0.29) is 6.09 Å². The molecule has 19 heavy (non-hydrogen) atoms. The lowest BCUT2D eigenvalue weighted by Crippen LogP contribution is -2.29. The predicted molar refractivity (Wildman–Crippen MR) is 75.1 cm³/mol. The maximum Gasteiger partial charge on any atom is 0.409 e. The number of likely N-dealkylation sites (N-methyl/N-ethyl adjacent to an activating group) is 1. The summed E-state index contributed by atoms with van der Waals surface area (Å²) in [5.41, 5.74) is 0.990. The molecule has 0 aliphatic heterocycles. The second-order valence-corrected chi connectivity index (χ2v) is 5.12. The molecule has 0 saturated carbocycles. The largest absolute Gasteiger partial charge is 0.445 e. The third-order valence-electron chi connectivity index (χ3n) is 2.66. The van der Waals surface area contributed by atoms with Gasteiger partial charge in [0.1, 0.15) is 6.61 Å². The molecule has 0 aliphatic carbocycles. The number of nitrogens with zero attached hydrogens (tertiary/aromatic N) is 2. The molecule has 0 unspecified atom stereocenters. The van der Waals surface area contributed by atoms with Crippen LogP contribution in [0.4, 0.5) is 4.79 Å². The highest BCUT2D eigenvalue weighted by atomic mass is 32.1. The third kappa shape index (κ3) is 4.37. The van der Waals surface area contributed by atoms with E-state index in [0.29, 0.717) is 13.2 Å². The minimum atomic E-state index is -0.305. The number of amides is 1. The van der Waals surface area contributed by atoms with Crippen molar-refractivity contribution in [3.05, 3.63) is 52.5 Å². The lowest BCUT2D eigenvalue weighted by atomic mass is 10.2. The molecular formula is C14H16N2O2S. The first-order valence-corrected chi connectivity index (χ1v) is 6.94. The third-order valence-corrected chi connectivity index (χ3v) is 3.50. The Balaban J connectivity index is 1.73. The number of hydrogen-bond donors (Lipinski definition) is 0. The topological polar surface area (TPSA) is 42.4 Å². The molecule has 0 saturated heterocycles. The summed E-state index contributed by atoms with van der Waals surface area (Å²) in [5, 5.41) is 2.96. The fraction of sp³-hybridized carbons (Fsp3) is 0.286. The highest BCUT2D eigenvalue weighted by molar-refractivity contribution is 7.09. The summed E-state index contributed by atoms with van der Waals surface area (Å²) in [6, 6.07) is 9.65. The van der Waals surface area contributed by atoms with E-state index in [9.17, 15) is 4.79 Å². The van der Waals surface area contributed by atoms with Crippen LogP contribution in [0.15, 0.2) is 41.9 Å². The van der Waals surface area contributed by atoms with Crippen LogP contribution in [0.3, 0.4) is 0 Å². The molecule has 0 spiro atoms. The molecule has 1 heterocycles. The average molecular weight is 276 g/mol. The van der Waals surface area contributed by atoms with E-state index in [4.69, 9.17) is 4.74 Å². The molecule has 0 bridgehead atoms. The quantitative estimate of drug-likeness (QED) is 0.843. The van der Waals surface area contributed by atoms with Gasteiger partial charge in [0.05, 0.1) is 5.01 Å². The van der Waals surface area contributed by atoms with Crippen LogP contribution in [-0.4, -0.2) is 29.6 Å². The van der Waals surface area contributed by atoms with Crippen molar-refractivity contribution in [2.24, 2.45) is 0 Å². The Morgan fingerprint density at radius 1 is 1.37 bits per heavy atom. The van der Waals surface area contributed by atoms with E-state index >= 15 is 0 Å². The first-order chi connectivity index (χ1) is 9.25. The van der Waals surface area contributed by atoms with Crippen LogP contribution in [0.2, 0.25) is 0 Å². The van der Waals surface area contributed by atoms with Crippen molar-refractivity contribution in [2.45, 2.75) is 13.0 Å². The van der Waals surface area contributed by atoms with Crippen molar-refractivity contribution in [1.82, 2.24) is 9.88 Å². The maximum atomic E-state index is 11.8. The molecule has 0 aliphatic rings. The fourth-order valence-electron chi connectivity index (χ4n) is 1.56. The molecule has 1 amide bonds. The molecule has 0 atom stereocenters. The summed E-state index contributed by atoms with van der Waals surface area (Å²) in [6.07, 6.45) is 2.22. The van der Waals surface area contributed by atoms with Crippen molar-refractivity contribution >= 4 is 17.4 Å². The molecule has 2 rings (SSSR count). The Bertz CT molecular complexity index is 499. The zero-order valence-corrected chi connectivity index (χ0v) is 11.6. The van der Waals surface area contributed by atoms with Crippen LogP contribution in [0.5, 0.6) is 0 Å². The van der Waals surface area contributed by atoms with E-state index in [0.717, 1.165) is 17.0 Å². The van der Waals surface area contributed by atoms with Gasteiger partial charge in [-0.05, 0) is 5.56 Å². The molecule has 1 aromatic heterocycles. The molecule has 0 fully saturated rings. The van der Waals surface area contributed by atoms with E-state index < -0.39 is 0 Å². The van der Waals surface area contributed by atoms with Crippen LogP contribution < -0.4 is 0 Å². The van der Waals surface area contributed by atoms with Gasteiger partial charge in [0.15, 0.2) is 0 Å². The number of carbonyl (C=O) groups is 1. The molecule has 100 valence electrons. The molecule has 2 aromatic rings. The number of ether oxygens (including phenoxy) is 1. The maximum absolute atomic E-state index is 11.8.